The number of rotatable bonds is 4. The predicted molar refractivity (Wildman–Crippen MR) is 88.2 cm³/mol. The van der Waals surface area contributed by atoms with Crippen molar-refractivity contribution in [3.63, 3.8) is 0 Å². The summed E-state index contributed by atoms with van der Waals surface area (Å²) in [5, 5.41) is 18.7. The fourth-order valence-electron chi connectivity index (χ4n) is 2.99. The topological polar surface area (TPSA) is 90.8 Å². The molecule has 24 heavy (non-hydrogen) atoms. The van der Waals surface area contributed by atoms with Crippen LogP contribution in [0, 0.1) is 11.3 Å². The van der Waals surface area contributed by atoms with Gasteiger partial charge in [0.2, 0.25) is 0 Å². The maximum Gasteiger partial charge on any atom is 0.272 e. The van der Waals surface area contributed by atoms with Gasteiger partial charge in [-0.05, 0) is 25.0 Å². The lowest BCUT2D eigenvalue weighted by molar-refractivity contribution is -0.00697. The van der Waals surface area contributed by atoms with E-state index in [4.69, 9.17) is 10.00 Å². The summed E-state index contributed by atoms with van der Waals surface area (Å²) in [6.45, 7) is 4.38. The number of H-pyrrole nitrogens is 1. The summed E-state index contributed by atoms with van der Waals surface area (Å²) in [6, 6.07) is 9.77. The van der Waals surface area contributed by atoms with Crippen LogP contribution in [0.4, 0.5) is 0 Å². The van der Waals surface area contributed by atoms with Crippen molar-refractivity contribution in [2.45, 2.75) is 45.4 Å². The minimum atomic E-state index is -0.185. The third kappa shape index (κ3) is 3.31. The standard InChI is InChI=1S/C18H20N4O2/c1-11-9-15-16(12(2)24-11)21-22-17(15)18(23)20-10-14-5-3-13(4-6-14)7-8-19/h3-6,11-12H,7,9-10H2,1-2H3,(H,20,23)(H,21,22)/t11-,12+/m1/s1. The van der Waals surface area contributed by atoms with E-state index in [9.17, 15) is 4.79 Å². The molecule has 0 spiro atoms. The number of nitrogens with zero attached hydrogens (tertiary/aromatic N) is 2. The smallest absolute Gasteiger partial charge is 0.272 e. The largest absolute Gasteiger partial charge is 0.369 e. The summed E-state index contributed by atoms with van der Waals surface area (Å²) in [5.74, 6) is -0.185. The molecule has 2 N–H and O–H groups in total. The van der Waals surface area contributed by atoms with Crippen molar-refractivity contribution in [1.29, 1.82) is 5.26 Å². The maximum atomic E-state index is 12.5. The van der Waals surface area contributed by atoms with E-state index in [1.165, 1.54) is 0 Å². The Morgan fingerprint density at radius 1 is 1.38 bits per heavy atom. The molecule has 0 saturated carbocycles. The van der Waals surface area contributed by atoms with Crippen LogP contribution in [0.5, 0.6) is 0 Å². The number of aromatic nitrogens is 2. The van der Waals surface area contributed by atoms with Gasteiger partial charge >= 0.3 is 0 Å². The number of benzene rings is 1. The molecule has 2 atom stereocenters. The normalized spacial score (nSPS) is 19.4. The summed E-state index contributed by atoms with van der Waals surface area (Å²) >= 11 is 0. The number of amides is 1. The molecule has 124 valence electrons. The Hall–Kier alpha value is -2.65. The summed E-state index contributed by atoms with van der Waals surface area (Å²) in [4.78, 5) is 12.5. The zero-order valence-electron chi connectivity index (χ0n) is 13.8. The second-order valence-electron chi connectivity index (χ2n) is 6.09. The first kappa shape index (κ1) is 16.2. The quantitative estimate of drug-likeness (QED) is 0.903. The summed E-state index contributed by atoms with van der Waals surface area (Å²) in [5.41, 5.74) is 4.24. The zero-order valence-corrected chi connectivity index (χ0v) is 13.8. The van der Waals surface area contributed by atoms with Gasteiger partial charge < -0.3 is 10.1 Å². The first-order valence-electron chi connectivity index (χ1n) is 8.04. The summed E-state index contributed by atoms with van der Waals surface area (Å²) in [6.07, 6.45) is 1.07. The van der Waals surface area contributed by atoms with Crippen molar-refractivity contribution >= 4 is 5.91 Å². The first-order chi connectivity index (χ1) is 11.6. The molecule has 0 unspecified atom stereocenters. The lowest BCUT2D eigenvalue weighted by atomic mass is 9.99. The number of fused-ring (bicyclic) bond motifs is 1. The van der Waals surface area contributed by atoms with Crippen molar-refractivity contribution < 1.29 is 9.53 Å². The highest BCUT2D eigenvalue weighted by Crippen LogP contribution is 2.30. The van der Waals surface area contributed by atoms with Crippen LogP contribution in [0.1, 0.15) is 52.8 Å². The van der Waals surface area contributed by atoms with E-state index in [1.807, 2.05) is 38.1 Å². The van der Waals surface area contributed by atoms with Crippen LogP contribution in [-0.2, 0) is 24.1 Å². The van der Waals surface area contributed by atoms with Gasteiger partial charge in [-0.15, -0.1) is 0 Å². The van der Waals surface area contributed by atoms with Crippen LogP contribution in [0.15, 0.2) is 24.3 Å². The molecule has 1 aromatic heterocycles. The average molecular weight is 324 g/mol. The predicted octanol–water partition coefficient (Wildman–Crippen LogP) is 2.43. The molecule has 0 bridgehead atoms. The molecule has 3 rings (SSSR count). The minimum Gasteiger partial charge on any atom is -0.369 e. The third-order valence-corrected chi connectivity index (χ3v) is 4.21. The molecule has 6 nitrogen and oxygen atoms in total. The molecule has 1 aliphatic rings. The number of hydrogen-bond donors (Lipinski definition) is 2. The fourth-order valence-corrected chi connectivity index (χ4v) is 2.99. The molecule has 2 aromatic rings. The average Bonchev–Trinajstić information content (AvgIpc) is 2.98. The van der Waals surface area contributed by atoms with Gasteiger partial charge in [-0.1, -0.05) is 24.3 Å². The van der Waals surface area contributed by atoms with Gasteiger partial charge in [0.15, 0.2) is 5.69 Å². The fraction of sp³-hybridized carbons (Fsp3) is 0.389. The van der Waals surface area contributed by atoms with Crippen LogP contribution in [0.3, 0.4) is 0 Å². The summed E-state index contributed by atoms with van der Waals surface area (Å²) < 4.78 is 5.74. The number of carbonyl (C=O) groups excluding carboxylic acids is 1. The second kappa shape index (κ2) is 6.85. The van der Waals surface area contributed by atoms with Gasteiger partial charge in [-0.3, -0.25) is 9.89 Å². The summed E-state index contributed by atoms with van der Waals surface area (Å²) in [7, 11) is 0. The highest BCUT2D eigenvalue weighted by molar-refractivity contribution is 5.94. The van der Waals surface area contributed by atoms with E-state index < -0.39 is 0 Å². The van der Waals surface area contributed by atoms with Gasteiger partial charge in [0.05, 0.1) is 30.4 Å². The van der Waals surface area contributed by atoms with Crippen LogP contribution in [0.25, 0.3) is 0 Å². The van der Waals surface area contributed by atoms with Crippen LogP contribution in [0.2, 0.25) is 0 Å². The Labute approximate surface area is 140 Å². The van der Waals surface area contributed by atoms with Gasteiger partial charge in [0.1, 0.15) is 0 Å². The Kier molecular flexibility index (Phi) is 4.63. The van der Waals surface area contributed by atoms with Crippen molar-refractivity contribution in [3.05, 3.63) is 52.3 Å². The lowest BCUT2D eigenvalue weighted by Gasteiger charge is -2.25. The van der Waals surface area contributed by atoms with Gasteiger partial charge in [0.25, 0.3) is 5.91 Å². The molecule has 0 saturated heterocycles. The number of carbonyl (C=O) groups is 1. The first-order valence-corrected chi connectivity index (χ1v) is 8.04. The highest BCUT2D eigenvalue weighted by Gasteiger charge is 2.29. The molecular formula is C18H20N4O2. The highest BCUT2D eigenvalue weighted by atomic mass is 16.5. The van der Waals surface area contributed by atoms with Crippen molar-refractivity contribution in [2.24, 2.45) is 0 Å². The Bertz CT molecular complexity index is 773. The second-order valence-corrected chi connectivity index (χ2v) is 6.09. The number of nitriles is 1. The van der Waals surface area contributed by atoms with E-state index in [1.54, 1.807) is 0 Å². The van der Waals surface area contributed by atoms with E-state index in [0.29, 0.717) is 25.1 Å². The van der Waals surface area contributed by atoms with E-state index in [-0.39, 0.29) is 18.1 Å². The molecule has 6 heteroatoms. The molecule has 1 amide bonds. The Morgan fingerprint density at radius 2 is 2.08 bits per heavy atom. The van der Waals surface area contributed by atoms with E-state index in [2.05, 4.69) is 21.6 Å². The molecule has 2 heterocycles. The van der Waals surface area contributed by atoms with Crippen LogP contribution in [-0.4, -0.2) is 22.2 Å². The van der Waals surface area contributed by atoms with Gasteiger partial charge in [-0.2, -0.15) is 10.4 Å². The molecular weight excluding hydrogens is 304 g/mol. The zero-order chi connectivity index (χ0) is 17.1. The molecule has 0 fully saturated rings. The SMILES string of the molecule is C[C@@H]1Cc2c(C(=O)NCc3ccc(CC#N)cc3)n[nH]c2[C@H](C)O1. The van der Waals surface area contributed by atoms with E-state index in [0.717, 1.165) is 22.4 Å². The minimum absolute atomic E-state index is 0.0735. The van der Waals surface area contributed by atoms with Crippen molar-refractivity contribution in [3.8, 4) is 6.07 Å². The van der Waals surface area contributed by atoms with Crippen LogP contribution >= 0.6 is 0 Å². The van der Waals surface area contributed by atoms with Crippen molar-refractivity contribution in [1.82, 2.24) is 15.5 Å². The lowest BCUT2D eigenvalue weighted by Crippen LogP contribution is -2.27. The molecule has 1 aromatic carbocycles. The Balaban J connectivity index is 1.67. The van der Waals surface area contributed by atoms with Crippen LogP contribution < -0.4 is 5.32 Å². The maximum absolute atomic E-state index is 12.5. The van der Waals surface area contributed by atoms with Gasteiger partial charge in [0, 0.05) is 18.5 Å². The molecule has 0 radical (unpaired) electrons. The van der Waals surface area contributed by atoms with Gasteiger partial charge in [-0.25, -0.2) is 0 Å². The number of hydrogen-bond acceptors (Lipinski definition) is 4. The third-order valence-electron chi connectivity index (χ3n) is 4.21. The molecule has 1 aliphatic heterocycles. The molecule has 0 aliphatic carbocycles. The number of nitrogens with one attached hydrogen (secondary N) is 2. The number of aromatic amines is 1. The van der Waals surface area contributed by atoms with E-state index >= 15 is 0 Å². The Morgan fingerprint density at radius 3 is 2.79 bits per heavy atom. The van der Waals surface area contributed by atoms with Crippen molar-refractivity contribution in [2.75, 3.05) is 0 Å². The number of ether oxygens (including phenoxy) is 1. The monoisotopic (exact) mass is 324 g/mol.